The van der Waals surface area contributed by atoms with Crippen molar-refractivity contribution in [1.29, 1.82) is 0 Å². The Kier molecular flexibility index (Phi) is 8.89. The van der Waals surface area contributed by atoms with Gasteiger partial charge in [0.15, 0.2) is 5.78 Å². The maximum Gasteiger partial charge on any atom is 0.243 e. The molecule has 38 heavy (non-hydrogen) atoms. The smallest absolute Gasteiger partial charge is 0.243 e. The van der Waals surface area contributed by atoms with Gasteiger partial charge in [-0.25, -0.2) is 5.48 Å². The van der Waals surface area contributed by atoms with Crippen molar-refractivity contribution >= 4 is 11.7 Å². The minimum atomic E-state index is -0.708. The molecule has 1 amide bonds. The first-order valence-electron chi connectivity index (χ1n) is 12.8. The van der Waals surface area contributed by atoms with E-state index in [1.54, 1.807) is 19.5 Å². The first-order chi connectivity index (χ1) is 18.5. The van der Waals surface area contributed by atoms with Crippen LogP contribution in [-0.4, -0.2) is 28.6 Å². The lowest BCUT2D eigenvalue weighted by Gasteiger charge is -2.34. The number of Topliss-reactive ketones (excluding diaryl/α,β-unsaturated/α-hetero) is 1. The first-order valence-corrected chi connectivity index (χ1v) is 12.8. The topological polar surface area (TPSA) is 80.6 Å². The quantitative estimate of drug-likeness (QED) is 0.146. The van der Waals surface area contributed by atoms with E-state index >= 15 is 0 Å². The second kappa shape index (κ2) is 12.5. The summed E-state index contributed by atoms with van der Waals surface area (Å²) < 4.78 is 8.40. The molecule has 0 aliphatic rings. The highest BCUT2D eigenvalue weighted by Gasteiger charge is 2.35. The zero-order valence-electron chi connectivity index (χ0n) is 21.9. The van der Waals surface area contributed by atoms with Crippen LogP contribution in [-0.2, 0) is 34.5 Å². The SMILES string of the molecule is COC(CCc1c(CCC(=O)NO)cc(C(C)=O)n1Cc1ccccc1)(c1ccccc1)c1ccccc1. The number of carbonyl (C=O) groups excluding carboxylic acids is 2. The number of ketones is 1. The predicted molar refractivity (Wildman–Crippen MR) is 147 cm³/mol. The van der Waals surface area contributed by atoms with Gasteiger partial charge in [-0.05, 0) is 47.6 Å². The number of aryl methyl sites for hydroxylation is 1. The van der Waals surface area contributed by atoms with Crippen LogP contribution in [0.25, 0.3) is 0 Å². The Balaban J connectivity index is 1.80. The number of hydrogen-bond donors (Lipinski definition) is 2. The zero-order valence-corrected chi connectivity index (χ0v) is 21.9. The molecule has 0 spiro atoms. The fraction of sp³-hybridized carbons (Fsp3) is 0.250. The number of ether oxygens (including phenoxy) is 1. The molecule has 6 nitrogen and oxygen atoms in total. The van der Waals surface area contributed by atoms with Gasteiger partial charge in [-0.2, -0.15) is 0 Å². The predicted octanol–water partition coefficient (Wildman–Crippen LogP) is 5.70. The van der Waals surface area contributed by atoms with Gasteiger partial charge in [-0.1, -0.05) is 91.0 Å². The molecule has 196 valence electrons. The summed E-state index contributed by atoms with van der Waals surface area (Å²) in [5.74, 6) is -0.500. The summed E-state index contributed by atoms with van der Waals surface area (Å²) in [5.41, 5.74) is 6.68. The van der Waals surface area contributed by atoms with Crippen LogP contribution in [0.1, 0.15) is 58.2 Å². The molecule has 0 fully saturated rings. The van der Waals surface area contributed by atoms with E-state index < -0.39 is 11.5 Å². The number of carbonyl (C=O) groups is 2. The molecule has 0 aliphatic carbocycles. The normalized spacial score (nSPS) is 11.3. The zero-order chi connectivity index (χ0) is 27.0. The molecule has 0 atom stereocenters. The van der Waals surface area contributed by atoms with Crippen molar-refractivity contribution in [3.05, 3.63) is 131 Å². The van der Waals surface area contributed by atoms with Crippen LogP contribution < -0.4 is 5.48 Å². The Hall–Kier alpha value is -4.00. The summed E-state index contributed by atoms with van der Waals surface area (Å²) in [4.78, 5) is 24.6. The van der Waals surface area contributed by atoms with Crippen LogP contribution in [0.4, 0.5) is 0 Å². The van der Waals surface area contributed by atoms with Gasteiger partial charge >= 0.3 is 0 Å². The minimum absolute atomic E-state index is 0.0378. The highest BCUT2D eigenvalue weighted by Crippen LogP contribution is 2.38. The van der Waals surface area contributed by atoms with Crippen molar-refractivity contribution < 1.29 is 19.5 Å². The number of nitrogens with one attached hydrogen (secondary N) is 1. The van der Waals surface area contributed by atoms with E-state index in [-0.39, 0.29) is 12.2 Å². The molecule has 0 saturated heterocycles. The van der Waals surface area contributed by atoms with Gasteiger partial charge in [0.2, 0.25) is 5.91 Å². The molecule has 0 radical (unpaired) electrons. The Morgan fingerprint density at radius 1 is 0.868 bits per heavy atom. The number of amides is 1. The summed E-state index contributed by atoms with van der Waals surface area (Å²) in [7, 11) is 1.73. The fourth-order valence-electron chi connectivity index (χ4n) is 5.20. The van der Waals surface area contributed by atoms with Crippen LogP contribution in [0.15, 0.2) is 97.1 Å². The van der Waals surface area contributed by atoms with E-state index in [0.717, 1.165) is 27.9 Å². The fourth-order valence-corrected chi connectivity index (χ4v) is 5.20. The van der Waals surface area contributed by atoms with Crippen LogP contribution in [0.5, 0.6) is 0 Å². The van der Waals surface area contributed by atoms with Gasteiger partial charge in [-0.15, -0.1) is 0 Å². The largest absolute Gasteiger partial charge is 0.369 e. The van der Waals surface area contributed by atoms with E-state index in [2.05, 4.69) is 28.8 Å². The molecular formula is C32H34N2O4. The van der Waals surface area contributed by atoms with E-state index in [9.17, 15) is 9.59 Å². The number of hydrogen-bond acceptors (Lipinski definition) is 4. The third-order valence-corrected chi connectivity index (χ3v) is 7.13. The Labute approximate surface area is 223 Å². The lowest BCUT2D eigenvalue weighted by Crippen LogP contribution is -2.31. The van der Waals surface area contributed by atoms with Gasteiger partial charge in [-0.3, -0.25) is 14.8 Å². The number of nitrogens with zero attached hydrogens (tertiary/aromatic N) is 1. The number of benzene rings is 3. The van der Waals surface area contributed by atoms with Gasteiger partial charge < -0.3 is 9.30 Å². The van der Waals surface area contributed by atoms with E-state index in [1.807, 2.05) is 72.8 Å². The Bertz CT molecular complexity index is 1310. The lowest BCUT2D eigenvalue weighted by molar-refractivity contribution is -0.129. The van der Waals surface area contributed by atoms with Crippen molar-refractivity contribution in [1.82, 2.24) is 10.0 Å². The average Bonchev–Trinajstić information content (AvgIpc) is 3.31. The van der Waals surface area contributed by atoms with Crippen molar-refractivity contribution in [3.63, 3.8) is 0 Å². The second-order valence-electron chi connectivity index (χ2n) is 9.43. The summed E-state index contributed by atoms with van der Waals surface area (Å²) in [6.07, 6.45) is 1.74. The lowest BCUT2D eigenvalue weighted by atomic mass is 9.81. The van der Waals surface area contributed by atoms with Crippen molar-refractivity contribution in [2.24, 2.45) is 0 Å². The number of aromatic nitrogens is 1. The number of rotatable bonds is 12. The Morgan fingerprint density at radius 3 is 1.92 bits per heavy atom. The van der Waals surface area contributed by atoms with Crippen molar-refractivity contribution in [3.8, 4) is 0 Å². The maximum atomic E-state index is 12.8. The number of methoxy groups -OCH3 is 1. The molecule has 0 bridgehead atoms. The van der Waals surface area contributed by atoms with Crippen LogP contribution in [0.2, 0.25) is 0 Å². The molecule has 2 N–H and O–H groups in total. The molecule has 4 aromatic rings. The van der Waals surface area contributed by atoms with Crippen LogP contribution in [0, 0.1) is 0 Å². The number of hydroxylamine groups is 1. The molecule has 0 unspecified atom stereocenters. The third-order valence-electron chi connectivity index (χ3n) is 7.13. The standard InChI is InChI=1S/C32H34N2O4/c1-24(35)30-22-26(18-19-31(36)33-37)29(34(30)23-25-12-6-3-7-13-25)20-21-32(38-2,27-14-8-4-9-15-27)28-16-10-5-11-17-28/h3-17,22,37H,18-21,23H2,1-2H3,(H,33,36). The van der Waals surface area contributed by atoms with E-state index in [4.69, 9.17) is 9.94 Å². The molecule has 0 saturated carbocycles. The maximum absolute atomic E-state index is 12.8. The summed E-state index contributed by atoms with van der Waals surface area (Å²) in [6, 6.07) is 32.2. The monoisotopic (exact) mass is 510 g/mol. The van der Waals surface area contributed by atoms with E-state index in [0.29, 0.717) is 31.5 Å². The molecule has 4 rings (SSSR count). The van der Waals surface area contributed by atoms with Crippen molar-refractivity contribution in [2.45, 2.75) is 44.8 Å². The van der Waals surface area contributed by atoms with Crippen LogP contribution in [0.3, 0.4) is 0 Å². The minimum Gasteiger partial charge on any atom is -0.369 e. The summed E-state index contributed by atoms with van der Waals surface area (Å²) >= 11 is 0. The van der Waals surface area contributed by atoms with Gasteiger partial charge in [0.1, 0.15) is 5.60 Å². The van der Waals surface area contributed by atoms with Gasteiger partial charge in [0.25, 0.3) is 0 Å². The first kappa shape index (κ1) is 27.0. The highest BCUT2D eigenvalue weighted by molar-refractivity contribution is 5.93. The average molecular weight is 511 g/mol. The molecule has 1 aromatic heterocycles. The highest BCUT2D eigenvalue weighted by atomic mass is 16.5. The third kappa shape index (κ3) is 5.93. The van der Waals surface area contributed by atoms with Crippen LogP contribution >= 0.6 is 0 Å². The van der Waals surface area contributed by atoms with Gasteiger partial charge in [0.05, 0.1) is 5.69 Å². The van der Waals surface area contributed by atoms with Crippen molar-refractivity contribution in [2.75, 3.05) is 7.11 Å². The Morgan fingerprint density at radius 2 is 1.42 bits per heavy atom. The molecule has 0 aliphatic heterocycles. The molecule has 3 aromatic carbocycles. The molecule has 1 heterocycles. The van der Waals surface area contributed by atoms with E-state index in [1.165, 1.54) is 0 Å². The summed E-state index contributed by atoms with van der Waals surface area (Å²) in [5, 5.41) is 9.04. The second-order valence-corrected chi connectivity index (χ2v) is 9.43. The summed E-state index contributed by atoms with van der Waals surface area (Å²) in [6.45, 7) is 2.10. The van der Waals surface area contributed by atoms with Gasteiger partial charge in [0, 0.05) is 32.7 Å². The molecule has 6 heteroatoms. The molecular weight excluding hydrogens is 476 g/mol.